The summed E-state index contributed by atoms with van der Waals surface area (Å²) in [5.41, 5.74) is 7.72. The predicted octanol–water partition coefficient (Wildman–Crippen LogP) is 1.48. The first-order chi connectivity index (χ1) is 7.83. The number of nitrogens with zero attached hydrogens (tertiary/aromatic N) is 2. The molecule has 3 heteroatoms. The maximum absolute atomic E-state index is 8.72. The first-order valence-corrected chi connectivity index (χ1v) is 5.76. The van der Waals surface area contributed by atoms with Gasteiger partial charge in [0.05, 0.1) is 11.6 Å². The summed E-state index contributed by atoms with van der Waals surface area (Å²) in [5.74, 6) is 0. The maximum atomic E-state index is 8.72. The Morgan fingerprint density at radius 2 is 2.12 bits per heavy atom. The van der Waals surface area contributed by atoms with Crippen molar-refractivity contribution in [3.05, 3.63) is 35.4 Å². The third-order valence-electron chi connectivity index (χ3n) is 3.24. The quantitative estimate of drug-likeness (QED) is 0.831. The highest BCUT2D eigenvalue weighted by Gasteiger charge is 2.22. The minimum atomic E-state index is 0.538. The van der Waals surface area contributed by atoms with E-state index in [1.165, 1.54) is 18.4 Å². The van der Waals surface area contributed by atoms with E-state index in [-0.39, 0.29) is 0 Å². The summed E-state index contributed by atoms with van der Waals surface area (Å²) >= 11 is 0. The van der Waals surface area contributed by atoms with E-state index < -0.39 is 0 Å². The topological polar surface area (TPSA) is 53.0 Å². The first-order valence-electron chi connectivity index (χ1n) is 5.76. The molecule has 0 radical (unpaired) electrons. The second-order valence-corrected chi connectivity index (χ2v) is 4.31. The first kappa shape index (κ1) is 11.1. The third kappa shape index (κ3) is 2.41. The third-order valence-corrected chi connectivity index (χ3v) is 3.24. The molecule has 1 unspecified atom stereocenters. The molecular weight excluding hydrogens is 198 g/mol. The molecule has 0 saturated carbocycles. The molecule has 1 aromatic rings. The molecule has 2 rings (SSSR count). The van der Waals surface area contributed by atoms with E-state index in [1.807, 2.05) is 24.3 Å². The van der Waals surface area contributed by atoms with Crippen LogP contribution >= 0.6 is 0 Å². The van der Waals surface area contributed by atoms with E-state index >= 15 is 0 Å². The van der Waals surface area contributed by atoms with Gasteiger partial charge in [-0.1, -0.05) is 12.1 Å². The molecule has 1 fully saturated rings. The molecule has 1 atom stereocenters. The van der Waals surface area contributed by atoms with Crippen LogP contribution in [0, 0.1) is 11.3 Å². The fourth-order valence-electron chi connectivity index (χ4n) is 2.29. The van der Waals surface area contributed by atoms with Crippen LogP contribution in [0.25, 0.3) is 0 Å². The van der Waals surface area contributed by atoms with Gasteiger partial charge in [-0.3, -0.25) is 4.90 Å². The Balaban J connectivity index is 2.00. The van der Waals surface area contributed by atoms with Gasteiger partial charge in [0.1, 0.15) is 0 Å². The number of likely N-dealkylation sites (tertiary alicyclic amines) is 1. The molecule has 1 aliphatic rings. The normalized spacial score (nSPS) is 20.9. The monoisotopic (exact) mass is 215 g/mol. The lowest BCUT2D eigenvalue weighted by Crippen LogP contribution is -2.34. The number of nitrogens with two attached hydrogens (primary N) is 1. The molecule has 0 spiro atoms. The van der Waals surface area contributed by atoms with Crippen molar-refractivity contribution in [2.24, 2.45) is 5.73 Å². The van der Waals surface area contributed by atoms with Crippen LogP contribution in [0.1, 0.15) is 24.0 Å². The van der Waals surface area contributed by atoms with Crippen LogP contribution in [-0.4, -0.2) is 24.0 Å². The molecule has 1 saturated heterocycles. The maximum Gasteiger partial charge on any atom is 0.0991 e. The molecule has 0 amide bonds. The van der Waals surface area contributed by atoms with Crippen molar-refractivity contribution in [2.75, 3.05) is 13.1 Å². The molecule has 1 aliphatic heterocycles. The predicted molar refractivity (Wildman–Crippen MR) is 63.6 cm³/mol. The fraction of sp³-hybridized carbons (Fsp3) is 0.462. The molecule has 16 heavy (non-hydrogen) atoms. The van der Waals surface area contributed by atoms with E-state index in [4.69, 9.17) is 11.0 Å². The Hall–Kier alpha value is -1.37. The largest absolute Gasteiger partial charge is 0.329 e. The Kier molecular flexibility index (Phi) is 3.55. The van der Waals surface area contributed by atoms with Crippen molar-refractivity contribution in [2.45, 2.75) is 25.4 Å². The fourth-order valence-corrected chi connectivity index (χ4v) is 2.29. The highest BCUT2D eigenvalue weighted by atomic mass is 15.2. The van der Waals surface area contributed by atoms with E-state index in [9.17, 15) is 0 Å². The Morgan fingerprint density at radius 3 is 2.75 bits per heavy atom. The van der Waals surface area contributed by atoms with Crippen molar-refractivity contribution in [1.82, 2.24) is 4.90 Å². The molecule has 0 aliphatic carbocycles. The zero-order chi connectivity index (χ0) is 11.4. The summed E-state index contributed by atoms with van der Waals surface area (Å²) in [6.45, 7) is 2.84. The molecule has 3 nitrogen and oxygen atoms in total. The van der Waals surface area contributed by atoms with Crippen molar-refractivity contribution in [3.63, 3.8) is 0 Å². The van der Waals surface area contributed by atoms with Gasteiger partial charge in [-0.2, -0.15) is 5.26 Å². The van der Waals surface area contributed by atoms with Crippen LogP contribution in [0.4, 0.5) is 0 Å². The number of benzene rings is 1. The van der Waals surface area contributed by atoms with Crippen molar-refractivity contribution < 1.29 is 0 Å². The highest BCUT2D eigenvalue weighted by molar-refractivity contribution is 5.31. The SMILES string of the molecule is N#Cc1ccc(CN2CCCC2CN)cc1. The zero-order valence-electron chi connectivity index (χ0n) is 9.39. The van der Waals surface area contributed by atoms with Crippen molar-refractivity contribution in [1.29, 1.82) is 5.26 Å². The molecule has 0 bridgehead atoms. The molecule has 1 heterocycles. The summed E-state index contributed by atoms with van der Waals surface area (Å²) < 4.78 is 0. The lowest BCUT2D eigenvalue weighted by Gasteiger charge is -2.23. The van der Waals surface area contributed by atoms with Gasteiger partial charge in [0.25, 0.3) is 0 Å². The summed E-state index contributed by atoms with van der Waals surface area (Å²) in [5, 5.41) is 8.72. The van der Waals surface area contributed by atoms with Crippen LogP contribution < -0.4 is 5.73 Å². The Bertz CT molecular complexity index is 377. The van der Waals surface area contributed by atoms with Crippen LogP contribution in [-0.2, 0) is 6.54 Å². The molecule has 2 N–H and O–H groups in total. The lowest BCUT2D eigenvalue weighted by atomic mass is 10.1. The van der Waals surface area contributed by atoms with E-state index in [0.29, 0.717) is 6.04 Å². The summed E-state index contributed by atoms with van der Waals surface area (Å²) in [7, 11) is 0. The molecule has 1 aromatic carbocycles. The second-order valence-electron chi connectivity index (χ2n) is 4.31. The number of hydrogen-bond donors (Lipinski definition) is 1. The van der Waals surface area contributed by atoms with Crippen molar-refractivity contribution >= 4 is 0 Å². The molecular formula is C13H17N3. The van der Waals surface area contributed by atoms with Gasteiger partial charge in [-0.25, -0.2) is 0 Å². The minimum absolute atomic E-state index is 0.538. The van der Waals surface area contributed by atoms with Crippen LogP contribution in [0.5, 0.6) is 0 Å². The van der Waals surface area contributed by atoms with Gasteiger partial charge in [0, 0.05) is 19.1 Å². The second kappa shape index (κ2) is 5.11. The van der Waals surface area contributed by atoms with E-state index in [2.05, 4.69) is 11.0 Å². The Labute approximate surface area is 96.5 Å². The summed E-state index contributed by atoms with van der Waals surface area (Å²) in [6, 6.07) is 10.5. The summed E-state index contributed by atoms with van der Waals surface area (Å²) in [6.07, 6.45) is 2.46. The van der Waals surface area contributed by atoms with Crippen LogP contribution in [0.2, 0.25) is 0 Å². The number of hydrogen-bond acceptors (Lipinski definition) is 3. The van der Waals surface area contributed by atoms with Gasteiger partial charge in [0.2, 0.25) is 0 Å². The smallest absolute Gasteiger partial charge is 0.0991 e. The number of rotatable bonds is 3. The Morgan fingerprint density at radius 1 is 1.38 bits per heavy atom. The lowest BCUT2D eigenvalue weighted by molar-refractivity contribution is 0.250. The molecule has 0 aromatic heterocycles. The van der Waals surface area contributed by atoms with Crippen LogP contribution in [0.3, 0.4) is 0 Å². The van der Waals surface area contributed by atoms with Crippen LogP contribution in [0.15, 0.2) is 24.3 Å². The van der Waals surface area contributed by atoms with E-state index in [1.54, 1.807) is 0 Å². The van der Waals surface area contributed by atoms with Crippen molar-refractivity contribution in [3.8, 4) is 6.07 Å². The summed E-state index contributed by atoms with van der Waals surface area (Å²) in [4.78, 5) is 2.43. The van der Waals surface area contributed by atoms with Gasteiger partial charge in [0.15, 0.2) is 0 Å². The van der Waals surface area contributed by atoms with E-state index in [0.717, 1.165) is 25.2 Å². The highest BCUT2D eigenvalue weighted by Crippen LogP contribution is 2.19. The van der Waals surface area contributed by atoms with Gasteiger partial charge in [-0.05, 0) is 37.1 Å². The number of nitriles is 1. The minimum Gasteiger partial charge on any atom is -0.329 e. The van der Waals surface area contributed by atoms with Gasteiger partial charge >= 0.3 is 0 Å². The zero-order valence-corrected chi connectivity index (χ0v) is 9.39. The van der Waals surface area contributed by atoms with Gasteiger partial charge < -0.3 is 5.73 Å². The average molecular weight is 215 g/mol. The molecule has 84 valence electrons. The average Bonchev–Trinajstić information content (AvgIpc) is 2.77. The standard InChI is InChI=1S/C13H17N3/c14-8-11-3-5-12(6-4-11)10-16-7-1-2-13(16)9-15/h3-6,13H,1-2,7,9-10,15H2. The van der Waals surface area contributed by atoms with Gasteiger partial charge in [-0.15, -0.1) is 0 Å².